The Kier molecular flexibility index (Phi) is 7.16. The van der Waals surface area contributed by atoms with E-state index in [2.05, 4.69) is 0 Å². The zero-order chi connectivity index (χ0) is 20.2. The summed E-state index contributed by atoms with van der Waals surface area (Å²) in [4.78, 5) is -0.0527. The highest BCUT2D eigenvalue weighted by Crippen LogP contribution is 2.44. The van der Waals surface area contributed by atoms with Crippen molar-refractivity contribution in [3.05, 3.63) is 58.6 Å². The van der Waals surface area contributed by atoms with Crippen LogP contribution in [0.1, 0.15) is 17.7 Å². The number of aliphatic hydroxyl groups excluding tert-OH is 1. The Balaban J connectivity index is 0.00000126. The second kappa shape index (κ2) is 8.97. The molecule has 0 aliphatic carbocycles. The van der Waals surface area contributed by atoms with Gasteiger partial charge < -0.3 is 14.6 Å². The van der Waals surface area contributed by atoms with Gasteiger partial charge >= 0.3 is 0 Å². The highest BCUT2D eigenvalue weighted by atomic mass is 35.5. The molecule has 148 valence electrons. The lowest BCUT2D eigenvalue weighted by Crippen LogP contribution is -2.38. The second-order valence-electron chi connectivity index (χ2n) is 5.50. The smallest absolute Gasteiger partial charge is 0.188 e. The van der Waals surface area contributed by atoms with E-state index in [4.69, 9.17) is 26.2 Å². The van der Waals surface area contributed by atoms with E-state index in [1.165, 1.54) is 24.3 Å². The third-order valence-electron chi connectivity index (χ3n) is 3.97. The van der Waals surface area contributed by atoms with Gasteiger partial charge in [0.2, 0.25) is 0 Å². The normalized spacial score (nSPS) is 18.7. The van der Waals surface area contributed by atoms with Crippen molar-refractivity contribution in [3.8, 4) is 5.75 Å². The molecule has 3 rings (SSSR count). The second-order valence-corrected chi connectivity index (χ2v) is 8.00. The predicted molar refractivity (Wildman–Crippen MR) is 96.8 cm³/mol. The quantitative estimate of drug-likeness (QED) is 0.819. The molecule has 0 aromatic heterocycles. The molecule has 1 heterocycles. The predicted octanol–water partition coefficient (Wildman–Crippen LogP) is 3.54. The molecule has 1 aliphatic heterocycles. The summed E-state index contributed by atoms with van der Waals surface area (Å²) in [7, 11) is -3.07. The molecule has 0 spiro atoms. The first kappa shape index (κ1) is 21.6. The summed E-state index contributed by atoms with van der Waals surface area (Å²) in [5.74, 6) is -2.07. The van der Waals surface area contributed by atoms with Gasteiger partial charge in [-0.05, 0) is 43.3 Å². The van der Waals surface area contributed by atoms with Crippen LogP contribution in [-0.2, 0) is 14.6 Å². The molecule has 0 saturated heterocycles. The Morgan fingerprint density at radius 1 is 1.15 bits per heavy atom. The molecule has 27 heavy (non-hydrogen) atoms. The zero-order valence-electron chi connectivity index (χ0n) is 14.7. The van der Waals surface area contributed by atoms with E-state index in [-0.39, 0.29) is 23.7 Å². The van der Waals surface area contributed by atoms with Crippen LogP contribution in [0.25, 0.3) is 0 Å². The third-order valence-corrected chi connectivity index (χ3v) is 6.36. The lowest BCUT2D eigenvalue weighted by atomic mass is 10.0. The summed E-state index contributed by atoms with van der Waals surface area (Å²) < 4.78 is 65.5. The Bertz CT molecular complexity index is 887. The molecule has 2 aromatic carbocycles. The molecule has 0 amide bonds. The fourth-order valence-corrected chi connectivity index (χ4v) is 4.90. The van der Waals surface area contributed by atoms with Crippen LogP contribution in [0.2, 0.25) is 5.02 Å². The van der Waals surface area contributed by atoms with Crippen LogP contribution < -0.4 is 4.74 Å². The first-order chi connectivity index (χ1) is 12.9. The molecule has 2 unspecified atom stereocenters. The first-order valence-corrected chi connectivity index (χ1v) is 9.95. The Morgan fingerprint density at radius 3 is 2.33 bits per heavy atom. The summed E-state index contributed by atoms with van der Waals surface area (Å²) in [6.07, 6.45) is -0.963. The number of hydrogen-bond acceptors (Lipinski definition) is 5. The van der Waals surface area contributed by atoms with Gasteiger partial charge in [0.25, 0.3) is 0 Å². The van der Waals surface area contributed by atoms with E-state index < -0.39 is 38.6 Å². The van der Waals surface area contributed by atoms with Gasteiger partial charge in [0.15, 0.2) is 21.4 Å². The van der Waals surface area contributed by atoms with E-state index in [0.717, 1.165) is 19.2 Å². The molecule has 1 aliphatic rings. The summed E-state index contributed by atoms with van der Waals surface area (Å²) in [5.41, 5.74) is -0.348. The maximum atomic E-state index is 14.4. The molecule has 0 saturated carbocycles. The average molecular weight is 421 g/mol. The van der Waals surface area contributed by atoms with Crippen LogP contribution in [0.15, 0.2) is 41.3 Å². The number of aliphatic hydroxyl groups is 1. The zero-order valence-corrected chi connectivity index (χ0v) is 16.2. The van der Waals surface area contributed by atoms with Crippen molar-refractivity contribution in [2.75, 3.05) is 20.3 Å². The summed E-state index contributed by atoms with van der Waals surface area (Å²) in [6.45, 7) is 1.69. The largest absolute Gasteiger partial charge is 0.487 e. The van der Waals surface area contributed by atoms with E-state index in [0.29, 0.717) is 5.02 Å². The summed E-state index contributed by atoms with van der Waals surface area (Å²) >= 11 is 5.80. The van der Waals surface area contributed by atoms with Crippen molar-refractivity contribution >= 4 is 21.4 Å². The summed E-state index contributed by atoms with van der Waals surface area (Å²) in [5, 5.41) is 5.94. The number of benzene rings is 2. The van der Waals surface area contributed by atoms with Crippen LogP contribution >= 0.6 is 11.6 Å². The van der Waals surface area contributed by atoms with Gasteiger partial charge in [0.05, 0.1) is 10.5 Å². The first-order valence-electron chi connectivity index (χ1n) is 8.02. The minimum atomic E-state index is -4.07. The molecule has 1 N–H and O–H groups in total. The van der Waals surface area contributed by atoms with Crippen LogP contribution in [0.3, 0.4) is 0 Å². The summed E-state index contributed by atoms with van der Waals surface area (Å²) in [6, 6.07) is 7.29. The third kappa shape index (κ3) is 4.24. The van der Waals surface area contributed by atoms with Crippen LogP contribution in [0.5, 0.6) is 5.75 Å². The van der Waals surface area contributed by atoms with E-state index in [1.807, 2.05) is 0 Å². The SMILES string of the molecule is CCOC1COc2c(F)ccc(F)c2C1S(=O)(=O)c1ccc(Cl)cc1.CO. The number of ether oxygens (including phenoxy) is 2. The lowest BCUT2D eigenvalue weighted by molar-refractivity contribution is 0.0119. The molecule has 0 fully saturated rings. The number of rotatable bonds is 4. The van der Waals surface area contributed by atoms with Gasteiger partial charge in [-0.15, -0.1) is 0 Å². The minimum absolute atomic E-state index is 0.0527. The maximum Gasteiger partial charge on any atom is 0.188 e. The van der Waals surface area contributed by atoms with Crippen LogP contribution in [0, 0.1) is 11.6 Å². The molecular formula is C18H19ClF2O5S. The van der Waals surface area contributed by atoms with Gasteiger partial charge in [-0.25, -0.2) is 17.2 Å². The minimum Gasteiger partial charge on any atom is -0.487 e. The van der Waals surface area contributed by atoms with Crippen molar-refractivity contribution in [1.82, 2.24) is 0 Å². The number of halogens is 3. The van der Waals surface area contributed by atoms with Gasteiger partial charge in [0.1, 0.15) is 23.8 Å². The van der Waals surface area contributed by atoms with Crippen molar-refractivity contribution in [2.45, 2.75) is 23.2 Å². The molecule has 0 radical (unpaired) electrons. The molecule has 0 bridgehead atoms. The topological polar surface area (TPSA) is 72.8 Å². The van der Waals surface area contributed by atoms with Crippen LogP contribution in [-0.4, -0.2) is 40.0 Å². The average Bonchev–Trinajstić information content (AvgIpc) is 2.66. The fraction of sp³-hybridized carbons (Fsp3) is 0.333. The van der Waals surface area contributed by atoms with Crippen molar-refractivity contribution in [2.24, 2.45) is 0 Å². The molecule has 2 aromatic rings. The molecule has 5 nitrogen and oxygen atoms in total. The lowest BCUT2D eigenvalue weighted by Gasteiger charge is -2.33. The molecule has 9 heteroatoms. The van der Waals surface area contributed by atoms with Crippen molar-refractivity contribution in [1.29, 1.82) is 0 Å². The van der Waals surface area contributed by atoms with E-state index in [9.17, 15) is 17.2 Å². The van der Waals surface area contributed by atoms with Crippen LogP contribution in [0.4, 0.5) is 8.78 Å². The van der Waals surface area contributed by atoms with Gasteiger partial charge in [0, 0.05) is 18.7 Å². The van der Waals surface area contributed by atoms with E-state index in [1.54, 1.807) is 6.92 Å². The van der Waals surface area contributed by atoms with Crippen molar-refractivity contribution < 1.29 is 31.8 Å². The number of hydrogen-bond donors (Lipinski definition) is 1. The molecule has 2 atom stereocenters. The maximum absolute atomic E-state index is 14.4. The number of fused-ring (bicyclic) bond motifs is 1. The Morgan fingerprint density at radius 2 is 1.74 bits per heavy atom. The van der Waals surface area contributed by atoms with Gasteiger partial charge in [-0.3, -0.25) is 0 Å². The van der Waals surface area contributed by atoms with Gasteiger partial charge in [-0.2, -0.15) is 0 Å². The monoisotopic (exact) mass is 420 g/mol. The fourth-order valence-electron chi connectivity index (χ4n) is 2.87. The Labute approximate surface area is 161 Å². The highest BCUT2D eigenvalue weighted by Gasteiger charge is 2.44. The van der Waals surface area contributed by atoms with E-state index >= 15 is 0 Å². The molecular weight excluding hydrogens is 402 g/mol. The Hall–Kier alpha value is -1.74. The van der Waals surface area contributed by atoms with Crippen molar-refractivity contribution in [3.63, 3.8) is 0 Å². The van der Waals surface area contributed by atoms with Gasteiger partial charge in [-0.1, -0.05) is 11.6 Å². The standard InChI is InChI=1S/C17H15ClF2O4S.CH4O/c1-2-23-14-9-24-16-13(20)8-7-12(19)15(16)17(14)25(21,22)11-5-3-10(18)4-6-11;1-2/h3-8,14,17H,2,9H2,1H3;2H,1H3. The number of sulfone groups is 1. The highest BCUT2D eigenvalue weighted by molar-refractivity contribution is 7.91.